The molecular weight excluding hydrogens is 262 g/mol. The Bertz CT molecular complexity index is 664. The average molecular weight is 279 g/mol. The Balaban J connectivity index is 1.76. The van der Waals surface area contributed by atoms with Crippen LogP contribution in [0.25, 0.3) is 0 Å². The van der Waals surface area contributed by atoms with Gasteiger partial charge in [-0.2, -0.15) is 0 Å². The first-order valence-electron chi connectivity index (χ1n) is 7.17. The van der Waals surface area contributed by atoms with E-state index in [-0.39, 0.29) is 11.7 Å². The smallest absolute Gasteiger partial charge is 0.204 e. The Hall–Kier alpha value is -2.42. The van der Waals surface area contributed by atoms with E-state index in [9.17, 15) is 9.59 Å². The number of ketones is 1. The number of aldehydes is 1. The number of rotatable bonds is 5. The predicted octanol–water partition coefficient (Wildman–Crippen LogP) is 2.75. The summed E-state index contributed by atoms with van der Waals surface area (Å²) in [5.74, 6) is -0.671. The van der Waals surface area contributed by atoms with Crippen molar-refractivity contribution in [3.63, 3.8) is 0 Å². The highest BCUT2D eigenvalue weighted by molar-refractivity contribution is 6.28. The summed E-state index contributed by atoms with van der Waals surface area (Å²) < 4.78 is 0. The van der Waals surface area contributed by atoms with Gasteiger partial charge in [0, 0.05) is 12.2 Å². The third kappa shape index (κ3) is 2.87. The van der Waals surface area contributed by atoms with Gasteiger partial charge in [0.2, 0.25) is 5.78 Å². The fraction of sp³-hybridized carbons (Fsp3) is 0.222. The van der Waals surface area contributed by atoms with E-state index in [0.29, 0.717) is 12.8 Å². The maximum atomic E-state index is 11.7. The van der Waals surface area contributed by atoms with Crippen molar-refractivity contribution >= 4 is 17.8 Å². The molecule has 0 bridgehead atoms. The Morgan fingerprint density at radius 1 is 1.10 bits per heavy atom. The average Bonchev–Trinajstić information content (AvgIpc) is 2.96. The summed E-state index contributed by atoms with van der Waals surface area (Å²) in [4.78, 5) is 22.4. The quantitative estimate of drug-likeness (QED) is 0.676. The van der Waals surface area contributed by atoms with E-state index in [4.69, 9.17) is 0 Å². The van der Waals surface area contributed by atoms with Gasteiger partial charge in [-0.05, 0) is 35.6 Å². The highest BCUT2D eigenvalue weighted by Crippen LogP contribution is 2.32. The molecular formula is C18H17NO2. The van der Waals surface area contributed by atoms with Crippen LogP contribution in [-0.4, -0.2) is 18.6 Å². The van der Waals surface area contributed by atoms with Crippen molar-refractivity contribution in [1.29, 1.82) is 0 Å². The van der Waals surface area contributed by atoms with E-state index in [1.807, 2.05) is 24.3 Å². The van der Waals surface area contributed by atoms with E-state index in [0.717, 1.165) is 24.1 Å². The van der Waals surface area contributed by atoms with Gasteiger partial charge in [-0.1, -0.05) is 42.5 Å². The molecule has 1 unspecified atom stereocenters. The number of carbonyl (C=O) groups is 2. The van der Waals surface area contributed by atoms with Gasteiger partial charge in [-0.25, -0.2) is 0 Å². The number of aryl methyl sites for hydroxylation is 2. The minimum Gasteiger partial charge on any atom is -0.384 e. The second-order valence-corrected chi connectivity index (χ2v) is 5.36. The van der Waals surface area contributed by atoms with Crippen molar-refractivity contribution in [3.8, 4) is 0 Å². The number of hydrogen-bond acceptors (Lipinski definition) is 3. The monoisotopic (exact) mass is 279 g/mol. The van der Waals surface area contributed by atoms with Crippen LogP contribution in [0.15, 0.2) is 48.5 Å². The maximum Gasteiger partial charge on any atom is 0.204 e. The summed E-state index contributed by atoms with van der Waals surface area (Å²) in [6.07, 6.45) is 2.33. The van der Waals surface area contributed by atoms with Crippen molar-refractivity contribution in [3.05, 3.63) is 65.2 Å². The molecule has 21 heavy (non-hydrogen) atoms. The molecule has 3 nitrogen and oxygen atoms in total. The van der Waals surface area contributed by atoms with Crippen LogP contribution in [0, 0.1) is 0 Å². The molecule has 1 atom stereocenters. The third-order valence-corrected chi connectivity index (χ3v) is 3.99. The largest absolute Gasteiger partial charge is 0.384 e. The van der Waals surface area contributed by atoms with E-state index in [1.54, 1.807) is 0 Å². The number of nitrogens with one attached hydrogen (secondary N) is 1. The van der Waals surface area contributed by atoms with Crippen molar-refractivity contribution in [2.75, 3.05) is 11.9 Å². The van der Waals surface area contributed by atoms with Crippen molar-refractivity contribution in [2.24, 2.45) is 0 Å². The molecule has 0 aliphatic carbocycles. The SMILES string of the molecule is O=CC(=O)C1CNc2ccc(CCc3ccccc3)cc21. The number of hydrogen-bond donors (Lipinski definition) is 1. The van der Waals surface area contributed by atoms with Gasteiger partial charge in [-0.3, -0.25) is 9.59 Å². The minimum absolute atomic E-state index is 0.325. The van der Waals surface area contributed by atoms with Gasteiger partial charge in [0.25, 0.3) is 0 Å². The van der Waals surface area contributed by atoms with E-state index >= 15 is 0 Å². The zero-order valence-electron chi connectivity index (χ0n) is 11.7. The predicted molar refractivity (Wildman–Crippen MR) is 82.6 cm³/mol. The lowest BCUT2D eigenvalue weighted by Crippen LogP contribution is -2.15. The van der Waals surface area contributed by atoms with Crippen LogP contribution in [0.2, 0.25) is 0 Å². The standard InChI is InChI=1S/C18H17NO2/c20-12-18(21)16-11-19-17-9-8-14(10-15(16)17)7-6-13-4-2-1-3-5-13/h1-5,8-10,12,16,19H,6-7,11H2. The van der Waals surface area contributed by atoms with Gasteiger partial charge in [0.1, 0.15) is 0 Å². The third-order valence-electron chi connectivity index (χ3n) is 3.99. The molecule has 3 heteroatoms. The lowest BCUT2D eigenvalue weighted by atomic mass is 9.94. The fourth-order valence-electron chi connectivity index (χ4n) is 2.81. The van der Waals surface area contributed by atoms with Gasteiger partial charge in [-0.15, -0.1) is 0 Å². The number of benzene rings is 2. The van der Waals surface area contributed by atoms with E-state index in [1.165, 1.54) is 11.1 Å². The Morgan fingerprint density at radius 2 is 1.86 bits per heavy atom. The molecule has 0 radical (unpaired) electrons. The Morgan fingerprint density at radius 3 is 2.62 bits per heavy atom. The lowest BCUT2D eigenvalue weighted by Gasteiger charge is -2.08. The minimum atomic E-state index is -0.346. The molecule has 106 valence electrons. The number of carbonyl (C=O) groups excluding carboxylic acids is 2. The molecule has 2 aromatic rings. The molecule has 0 aromatic heterocycles. The van der Waals surface area contributed by atoms with E-state index < -0.39 is 0 Å². The second kappa shape index (κ2) is 5.92. The summed E-state index contributed by atoms with van der Waals surface area (Å²) in [5, 5.41) is 3.19. The molecule has 1 aliphatic heterocycles. The number of fused-ring (bicyclic) bond motifs is 1. The molecule has 3 rings (SSSR count). The van der Waals surface area contributed by atoms with Crippen LogP contribution in [-0.2, 0) is 22.4 Å². The number of Topliss-reactive ketones (excluding diaryl/α,β-unsaturated/α-hetero) is 1. The molecule has 1 N–H and O–H groups in total. The number of anilines is 1. The first-order valence-corrected chi connectivity index (χ1v) is 7.17. The molecule has 0 amide bonds. The van der Waals surface area contributed by atoms with Crippen LogP contribution in [0.4, 0.5) is 5.69 Å². The topological polar surface area (TPSA) is 46.2 Å². The van der Waals surface area contributed by atoms with Crippen LogP contribution in [0.1, 0.15) is 22.6 Å². The second-order valence-electron chi connectivity index (χ2n) is 5.36. The molecule has 0 spiro atoms. The van der Waals surface area contributed by atoms with Gasteiger partial charge < -0.3 is 5.32 Å². The van der Waals surface area contributed by atoms with Crippen molar-refractivity contribution in [2.45, 2.75) is 18.8 Å². The highest BCUT2D eigenvalue weighted by atomic mass is 16.2. The fourth-order valence-corrected chi connectivity index (χ4v) is 2.81. The summed E-state index contributed by atoms with van der Waals surface area (Å²) >= 11 is 0. The first kappa shape index (κ1) is 13.6. The summed E-state index contributed by atoms with van der Waals surface area (Å²) in [7, 11) is 0. The molecule has 2 aromatic carbocycles. The van der Waals surface area contributed by atoms with Crippen LogP contribution >= 0.6 is 0 Å². The van der Waals surface area contributed by atoms with Gasteiger partial charge >= 0.3 is 0 Å². The van der Waals surface area contributed by atoms with Gasteiger partial charge in [0.15, 0.2) is 6.29 Å². The summed E-state index contributed by atoms with van der Waals surface area (Å²) in [6, 6.07) is 16.5. The molecule has 0 fully saturated rings. The maximum absolute atomic E-state index is 11.7. The summed E-state index contributed by atoms with van der Waals surface area (Å²) in [5.41, 5.74) is 4.43. The molecule has 0 saturated heterocycles. The Labute approximate surface area is 124 Å². The highest BCUT2D eigenvalue weighted by Gasteiger charge is 2.28. The van der Waals surface area contributed by atoms with Crippen molar-refractivity contribution in [1.82, 2.24) is 0 Å². The summed E-state index contributed by atoms with van der Waals surface area (Å²) in [6.45, 7) is 0.523. The zero-order valence-corrected chi connectivity index (χ0v) is 11.7. The van der Waals surface area contributed by atoms with Gasteiger partial charge in [0.05, 0.1) is 5.92 Å². The van der Waals surface area contributed by atoms with Crippen molar-refractivity contribution < 1.29 is 9.59 Å². The van der Waals surface area contributed by atoms with Crippen LogP contribution < -0.4 is 5.32 Å². The first-order chi connectivity index (χ1) is 10.3. The van der Waals surface area contributed by atoms with E-state index in [2.05, 4.69) is 29.6 Å². The molecule has 1 aliphatic rings. The Kier molecular flexibility index (Phi) is 3.82. The lowest BCUT2D eigenvalue weighted by molar-refractivity contribution is -0.130. The zero-order chi connectivity index (χ0) is 14.7. The molecule has 0 saturated carbocycles. The normalized spacial score (nSPS) is 16.1. The van der Waals surface area contributed by atoms with Crippen LogP contribution in [0.3, 0.4) is 0 Å². The molecule has 1 heterocycles. The van der Waals surface area contributed by atoms with Crippen LogP contribution in [0.5, 0.6) is 0 Å².